The first-order valence-electron chi connectivity index (χ1n) is 8.85. The van der Waals surface area contributed by atoms with E-state index in [2.05, 4.69) is 15.5 Å². The first-order chi connectivity index (χ1) is 12.7. The molecule has 138 valence electrons. The molecular weight excluding hydrogens is 328 g/mol. The molecule has 0 amide bonds. The molecule has 0 fully saturated rings. The average molecular weight is 354 g/mol. The molecule has 26 heavy (non-hydrogen) atoms. The van der Waals surface area contributed by atoms with E-state index in [0.717, 1.165) is 17.9 Å². The summed E-state index contributed by atoms with van der Waals surface area (Å²) in [5.41, 5.74) is 2.30. The van der Waals surface area contributed by atoms with Gasteiger partial charge in [0.05, 0.1) is 32.1 Å². The molecule has 0 saturated heterocycles. The van der Waals surface area contributed by atoms with Gasteiger partial charge in [-0.15, -0.1) is 0 Å². The SMILES string of the molecule is Cn1cccc1CN(Cc1ccco1)CC(O)COCc1ccccc1. The summed E-state index contributed by atoms with van der Waals surface area (Å²) in [4.78, 5) is 2.17. The first kappa shape index (κ1) is 18.5. The van der Waals surface area contributed by atoms with Crippen LogP contribution in [0.4, 0.5) is 0 Å². The number of aliphatic hydroxyl groups excluding tert-OH is 1. The van der Waals surface area contributed by atoms with Gasteiger partial charge in [-0.3, -0.25) is 4.90 Å². The van der Waals surface area contributed by atoms with Crippen LogP contribution in [0.15, 0.2) is 71.5 Å². The third kappa shape index (κ3) is 5.59. The highest BCUT2D eigenvalue weighted by Gasteiger charge is 2.15. The zero-order valence-electron chi connectivity index (χ0n) is 15.1. The van der Waals surface area contributed by atoms with Crippen molar-refractivity contribution in [3.8, 4) is 0 Å². The number of hydrogen-bond donors (Lipinski definition) is 1. The van der Waals surface area contributed by atoms with Crippen LogP contribution < -0.4 is 0 Å². The first-order valence-corrected chi connectivity index (χ1v) is 8.85. The predicted molar refractivity (Wildman–Crippen MR) is 100 cm³/mol. The molecule has 2 aromatic heterocycles. The second kappa shape index (κ2) is 9.38. The monoisotopic (exact) mass is 354 g/mol. The van der Waals surface area contributed by atoms with Crippen molar-refractivity contribution in [2.45, 2.75) is 25.8 Å². The summed E-state index contributed by atoms with van der Waals surface area (Å²) < 4.78 is 13.2. The Morgan fingerprint density at radius 2 is 1.92 bits per heavy atom. The minimum absolute atomic E-state index is 0.302. The third-order valence-corrected chi connectivity index (χ3v) is 4.29. The normalized spacial score (nSPS) is 12.6. The summed E-state index contributed by atoms with van der Waals surface area (Å²) in [6.07, 6.45) is 3.14. The third-order valence-electron chi connectivity index (χ3n) is 4.29. The van der Waals surface area contributed by atoms with Crippen LogP contribution in [-0.2, 0) is 31.5 Å². The lowest BCUT2D eigenvalue weighted by Crippen LogP contribution is -2.34. The van der Waals surface area contributed by atoms with Crippen molar-refractivity contribution < 1.29 is 14.3 Å². The van der Waals surface area contributed by atoms with Crippen molar-refractivity contribution in [3.05, 3.63) is 84.1 Å². The summed E-state index contributed by atoms with van der Waals surface area (Å²) in [5.74, 6) is 0.886. The average Bonchev–Trinajstić information content (AvgIpc) is 3.28. The van der Waals surface area contributed by atoms with Crippen molar-refractivity contribution >= 4 is 0 Å². The van der Waals surface area contributed by atoms with Gasteiger partial charge < -0.3 is 18.8 Å². The molecule has 0 bridgehead atoms. The quantitative estimate of drug-likeness (QED) is 0.607. The molecule has 1 unspecified atom stereocenters. The Hall–Kier alpha value is -2.34. The summed E-state index contributed by atoms with van der Waals surface area (Å²) in [6.45, 7) is 2.71. The van der Waals surface area contributed by atoms with Crippen molar-refractivity contribution in [2.75, 3.05) is 13.2 Å². The summed E-state index contributed by atoms with van der Waals surface area (Å²) in [6, 6.07) is 17.9. The topological polar surface area (TPSA) is 50.8 Å². The number of ether oxygens (including phenoxy) is 1. The molecule has 0 aliphatic rings. The maximum atomic E-state index is 10.4. The van der Waals surface area contributed by atoms with Crippen LogP contribution in [0.25, 0.3) is 0 Å². The van der Waals surface area contributed by atoms with Gasteiger partial charge in [-0.05, 0) is 29.8 Å². The van der Waals surface area contributed by atoms with Crippen molar-refractivity contribution in [1.29, 1.82) is 0 Å². The zero-order chi connectivity index (χ0) is 18.2. The van der Waals surface area contributed by atoms with Gasteiger partial charge in [0.25, 0.3) is 0 Å². The van der Waals surface area contributed by atoms with Crippen molar-refractivity contribution in [1.82, 2.24) is 9.47 Å². The molecule has 1 N–H and O–H groups in total. The van der Waals surface area contributed by atoms with Crippen LogP contribution in [-0.4, -0.2) is 33.8 Å². The Bertz CT molecular complexity index is 753. The van der Waals surface area contributed by atoms with E-state index in [1.165, 1.54) is 5.69 Å². The Morgan fingerprint density at radius 1 is 1.08 bits per heavy atom. The molecule has 0 radical (unpaired) electrons. The van der Waals surface area contributed by atoms with E-state index >= 15 is 0 Å². The van der Waals surface area contributed by atoms with Gasteiger partial charge in [-0.2, -0.15) is 0 Å². The van der Waals surface area contributed by atoms with Crippen LogP contribution in [0.3, 0.4) is 0 Å². The molecule has 3 aromatic rings. The van der Waals surface area contributed by atoms with Crippen molar-refractivity contribution in [3.63, 3.8) is 0 Å². The number of rotatable bonds is 10. The molecule has 2 heterocycles. The largest absolute Gasteiger partial charge is 0.468 e. The van der Waals surface area contributed by atoms with Gasteiger partial charge >= 0.3 is 0 Å². The van der Waals surface area contributed by atoms with Gasteiger partial charge in [0.2, 0.25) is 0 Å². The Kier molecular flexibility index (Phi) is 6.66. The fourth-order valence-electron chi connectivity index (χ4n) is 2.94. The molecule has 1 atom stereocenters. The number of aromatic nitrogens is 1. The number of benzene rings is 1. The highest BCUT2D eigenvalue weighted by atomic mass is 16.5. The van der Waals surface area contributed by atoms with Crippen molar-refractivity contribution in [2.24, 2.45) is 7.05 Å². The summed E-state index contributed by atoms with van der Waals surface area (Å²) >= 11 is 0. The highest BCUT2D eigenvalue weighted by molar-refractivity contribution is 5.13. The molecular formula is C21H26N2O3. The second-order valence-corrected chi connectivity index (χ2v) is 6.51. The van der Waals surface area contributed by atoms with Gasteiger partial charge in [-0.1, -0.05) is 30.3 Å². The van der Waals surface area contributed by atoms with Gasteiger partial charge in [0, 0.05) is 32.0 Å². The van der Waals surface area contributed by atoms with Crippen LogP contribution in [0.5, 0.6) is 0 Å². The highest BCUT2D eigenvalue weighted by Crippen LogP contribution is 2.12. The number of aryl methyl sites for hydroxylation is 1. The molecule has 0 saturated carbocycles. The Morgan fingerprint density at radius 3 is 2.62 bits per heavy atom. The standard InChI is InChI=1S/C21H26N2O3/c1-22-11-5-9-19(22)13-23(15-21-10-6-12-26-21)14-20(24)17-25-16-18-7-3-2-4-8-18/h2-12,20,24H,13-17H2,1H3. The fraction of sp³-hybridized carbons (Fsp3) is 0.333. The van der Waals surface area contributed by atoms with Gasteiger partial charge in [0.1, 0.15) is 5.76 Å². The number of furan rings is 1. The van der Waals surface area contributed by atoms with E-state index in [1.807, 2.05) is 61.8 Å². The molecule has 0 spiro atoms. The maximum Gasteiger partial charge on any atom is 0.117 e. The van der Waals surface area contributed by atoms with E-state index in [1.54, 1.807) is 6.26 Å². The van der Waals surface area contributed by atoms with Gasteiger partial charge in [0.15, 0.2) is 0 Å². The Balaban J connectivity index is 1.53. The van der Waals surface area contributed by atoms with Crippen LogP contribution >= 0.6 is 0 Å². The van der Waals surface area contributed by atoms with Crippen LogP contribution in [0.2, 0.25) is 0 Å². The summed E-state index contributed by atoms with van der Waals surface area (Å²) in [5, 5.41) is 10.4. The fourth-order valence-corrected chi connectivity index (χ4v) is 2.94. The molecule has 0 aliphatic carbocycles. The second-order valence-electron chi connectivity index (χ2n) is 6.51. The number of aliphatic hydroxyl groups is 1. The smallest absolute Gasteiger partial charge is 0.117 e. The molecule has 1 aromatic carbocycles. The summed E-state index contributed by atoms with van der Waals surface area (Å²) in [7, 11) is 2.03. The lowest BCUT2D eigenvalue weighted by molar-refractivity contribution is 0.00581. The lowest BCUT2D eigenvalue weighted by Gasteiger charge is -2.24. The van der Waals surface area contributed by atoms with E-state index in [-0.39, 0.29) is 0 Å². The van der Waals surface area contributed by atoms with E-state index in [0.29, 0.717) is 26.3 Å². The Labute approximate surface area is 154 Å². The van der Waals surface area contributed by atoms with Gasteiger partial charge in [-0.25, -0.2) is 0 Å². The van der Waals surface area contributed by atoms with E-state index < -0.39 is 6.10 Å². The van der Waals surface area contributed by atoms with Crippen LogP contribution in [0.1, 0.15) is 17.0 Å². The molecule has 5 nitrogen and oxygen atoms in total. The minimum atomic E-state index is -0.561. The van der Waals surface area contributed by atoms with Crippen LogP contribution in [0, 0.1) is 0 Å². The molecule has 3 rings (SSSR count). The maximum absolute atomic E-state index is 10.4. The molecule has 5 heteroatoms. The minimum Gasteiger partial charge on any atom is -0.468 e. The zero-order valence-corrected chi connectivity index (χ0v) is 15.1. The lowest BCUT2D eigenvalue weighted by atomic mass is 10.2. The predicted octanol–water partition coefficient (Wildman–Crippen LogP) is 3.20. The number of nitrogens with zero attached hydrogens (tertiary/aromatic N) is 2. The molecule has 0 aliphatic heterocycles. The van der Waals surface area contributed by atoms with E-state index in [9.17, 15) is 5.11 Å². The number of hydrogen-bond acceptors (Lipinski definition) is 4. The van der Waals surface area contributed by atoms with E-state index in [4.69, 9.17) is 9.15 Å².